The van der Waals surface area contributed by atoms with Crippen LogP contribution >= 0.6 is 37.1 Å². The summed E-state index contributed by atoms with van der Waals surface area (Å²) in [6.45, 7) is 3.25. The van der Waals surface area contributed by atoms with Crippen molar-refractivity contribution in [2.75, 3.05) is 6.54 Å². The Balaban J connectivity index is -0.000000918. The summed E-state index contributed by atoms with van der Waals surface area (Å²) in [5.74, 6) is 0. The average molecular weight is 612 g/mol. The second-order valence-electron chi connectivity index (χ2n) is 6.58. The molecule has 0 saturated carbocycles. The number of hydrogen-bond donors (Lipinski definition) is 4. The minimum atomic E-state index is -0.158. The summed E-state index contributed by atoms with van der Waals surface area (Å²) in [6, 6.07) is 0. The molecule has 0 aromatic carbocycles. The van der Waals surface area contributed by atoms with Gasteiger partial charge in [-0.15, -0.1) is 12.6 Å². The van der Waals surface area contributed by atoms with Gasteiger partial charge in [0, 0.05) is 27.6 Å². The van der Waals surface area contributed by atoms with Gasteiger partial charge < -0.3 is 5.32 Å². The van der Waals surface area contributed by atoms with Gasteiger partial charge in [-0.25, -0.2) is 0 Å². The topological polar surface area (TPSA) is 44.3 Å². The van der Waals surface area contributed by atoms with Crippen LogP contribution in [0.15, 0.2) is 12.2 Å². The first-order valence-corrected chi connectivity index (χ1v) is 12.5. The Labute approximate surface area is 215 Å². The molecular weight excluding hydrogens is 572 g/mol. The van der Waals surface area contributed by atoms with Gasteiger partial charge in [0.2, 0.25) is 0 Å². The molecule has 3 nitrogen and oxygen atoms in total. The van der Waals surface area contributed by atoms with E-state index in [1.54, 1.807) is 0 Å². The van der Waals surface area contributed by atoms with Crippen LogP contribution in [0.25, 0.3) is 0 Å². The van der Waals surface area contributed by atoms with Crippen LogP contribution in [0.3, 0.4) is 0 Å². The fourth-order valence-electron chi connectivity index (χ4n) is 2.57. The van der Waals surface area contributed by atoms with Gasteiger partial charge in [-0.05, 0) is 32.1 Å². The first-order valence-electron chi connectivity index (χ1n) is 10.3. The third-order valence-corrected chi connectivity index (χ3v) is 5.28. The molecule has 0 heterocycles. The second-order valence-corrected chi connectivity index (χ2v) is 8.62. The molecule has 165 valence electrons. The van der Waals surface area contributed by atoms with E-state index in [4.69, 9.17) is 17.3 Å². The molecule has 3 N–H and O–H groups in total. The van der Waals surface area contributed by atoms with E-state index in [0.717, 1.165) is 6.54 Å². The smallest absolute Gasteiger partial charge is 0 e. The monoisotopic (exact) mass is 615 g/mol. The maximum atomic E-state index is 7.98. The third kappa shape index (κ3) is 37.8. The Morgan fingerprint density at radius 1 is 0.857 bits per heavy atom. The molecule has 0 rings (SSSR count). The molecule has 0 radical (unpaired) electrons. The SMILES string of the molecule is CCCCCCCC/C=C\CCCCCCCCNC(=S)S.OC(=S)[NH][Mo].[Mo]. The normalized spacial score (nSPS) is 9.93. The molecule has 0 aliphatic rings. The summed E-state index contributed by atoms with van der Waals surface area (Å²) in [4.78, 5) is 0. The number of aliphatic hydroxyl groups is 1. The van der Waals surface area contributed by atoms with Crippen LogP contribution in [0.2, 0.25) is 0 Å². The van der Waals surface area contributed by atoms with Crippen LogP contribution in [0.5, 0.6) is 0 Å². The molecule has 0 saturated heterocycles. The van der Waals surface area contributed by atoms with E-state index >= 15 is 0 Å². The fraction of sp³-hybridized carbons (Fsp3) is 0.800. The molecule has 0 aliphatic heterocycles. The van der Waals surface area contributed by atoms with Crippen molar-refractivity contribution in [3.05, 3.63) is 12.2 Å². The van der Waals surface area contributed by atoms with Crippen LogP contribution < -0.4 is 9.19 Å². The molecule has 0 amide bonds. The largest absolute Gasteiger partial charge is 0 e. The van der Waals surface area contributed by atoms with Crippen LogP contribution in [0.4, 0.5) is 0 Å². The number of thiol groups is 1. The van der Waals surface area contributed by atoms with E-state index in [1.165, 1.54) is 110 Å². The van der Waals surface area contributed by atoms with Gasteiger partial charge in [-0.1, -0.05) is 89.1 Å². The minimum absolute atomic E-state index is 0. The van der Waals surface area contributed by atoms with Crippen molar-refractivity contribution in [1.82, 2.24) is 9.19 Å². The summed E-state index contributed by atoms with van der Waals surface area (Å²) < 4.78 is 2.94. The standard InChI is InChI=1S/C19H37NS2.CH3NOS.2Mo/c1-2-3-4-5-6-7-8-9-10-11-12-13-14-15-16-17-18-20-19(21)22;2-1(3)4;;/h9-10H,2-8,11-18H2,1H3,(H2,20,21,22);(H3,2,3,4);;/q;;;+1/p-1/b10-9-;;;. The van der Waals surface area contributed by atoms with Crippen molar-refractivity contribution in [3.8, 4) is 0 Å². The molecule has 0 spiro atoms. The van der Waals surface area contributed by atoms with Crippen molar-refractivity contribution in [1.29, 1.82) is 0 Å². The Kier molecular flexibility index (Phi) is 36.4. The predicted octanol–water partition coefficient (Wildman–Crippen LogP) is 6.71. The molecule has 0 fully saturated rings. The molecule has 28 heavy (non-hydrogen) atoms. The Morgan fingerprint density at radius 2 is 1.25 bits per heavy atom. The van der Waals surface area contributed by atoms with E-state index in [1.807, 2.05) is 0 Å². The number of unbranched alkanes of at least 4 members (excludes halogenated alkanes) is 12. The van der Waals surface area contributed by atoms with E-state index in [-0.39, 0.29) is 26.2 Å². The minimum Gasteiger partial charge on any atom is 0 e. The summed E-state index contributed by atoms with van der Waals surface area (Å²) in [5.41, 5.74) is 0. The fourth-order valence-corrected chi connectivity index (χ4v) is 2.78. The number of hydrogen-bond acceptors (Lipinski definition) is 2. The number of aliphatic hydroxyl groups excluding tert-OH is 1. The van der Waals surface area contributed by atoms with Crippen LogP contribution in [0, 0.1) is 0 Å². The van der Waals surface area contributed by atoms with E-state index in [9.17, 15) is 0 Å². The maximum absolute atomic E-state index is 7.98. The van der Waals surface area contributed by atoms with E-state index in [0.29, 0.717) is 4.32 Å². The number of nitrogens with one attached hydrogen (secondary N) is 2. The van der Waals surface area contributed by atoms with Crippen molar-refractivity contribution < 1.29 is 46.2 Å². The van der Waals surface area contributed by atoms with Crippen molar-refractivity contribution in [2.24, 2.45) is 0 Å². The van der Waals surface area contributed by atoms with Crippen LogP contribution in [0.1, 0.15) is 96.8 Å². The van der Waals surface area contributed by atoms with Crippen molar-refractivity contribution >= 4 is 46.6 Å². The molecule has 8 heteroatoms. The molecular formula is C20H39Mo2N2OS3. The second kappa shape index (κ2) is 30.2. The number of thiocarbonyl (C=S) groups is 2. The summed E-state index contributed by atoms with van der Waals surface area (Å²) in [5, 5.41) is 10.9. The first kappa shape index (κ1) is 33.7. The molecule has 0 aromatic rings. The Hall–Kier alpha value is 1.05. The first-order chi connectivity index (χ1) is 13.0. The predicted molar refractivity (Wildman–Crippen MR) is 127 cm³/mol. The zero-order valence-electron chi connectivity index (χ0n) is 17.3. The molecule has 0 bridgehead atoms. The van der Waals surface area contributed by atoms with Gasteiger partial charge in [0.15, 0.2) is 0 Å². The van der Waals surface area contributed by atoms with Gasteiger partial charge >= 0.3 is 46.4 Å². The van der Waals surface area contributed by atoms with Gasteiger partial charge in [0.25, 0.3) is 0 Å². The zero-order valence-corrected chi connectivity index (χ0v) is 23.8. The summed E-state index contributed by atoms with van der Waals surface area (Å²) >= 11 is 14.5. The molecule has 0 aliphatic carbocycles. The van der Waals surface area contributed by atoms with E-state index < -0.39 is 0 Å². The van der Waals surface area contributed by atoms with Crippen molar-refractivity contribution in [3.63, 3.8) is 0 Å². The van der Waals surface area contributed by atoms with Gasteiger partial charge in [-0.3, -0.25) is 0 Å². The Morgan fingerprint density at radius 3 is 1.64 bits per heavy atom. The molecule has 0 atom stereocenters. The molecule has 0 aromatic heterocycles. The van der Waals surface area contributed by atoms with E-state index in [2.05, 4.69) is 53.1 Å². The zero-order chi connectivity index (χ0) is 20.6. The molecule has 0 unspecified atom stereocenters. The van der Waals surface area contributed by atoms with Gasteiger partial charge in [0.1, 0.15) is 4.32 Å². The average Bonchev–Trinajstić information content (AvgIpc) is 2.64. The quantitative estimate of drug-likeness (QED) is 0.0514. The number of allylic oxidation sites excluding steroid dienone is 2. The maximum Gasteiger partial charge on any atom is 0 e. The van der Waals surface area contributed by atoms with Crippen LogP contribution in [-0.4, -0.2) is 21.1 Å². The summed E-state index contributed by atoms with van der Waals surface area (Å²) in [6.07, 6.45) is 23.7. The van der Waals surface area contributed by atoms with Crippen LogP contribution in [-0.2, 0) is 41.1 Å². The number of rotatable bonds is 16. The third-order valence-electron chi connectivity index (χ3n) is 4.05. The van der Waals surface area contributed by atoms with Crippen molar-refractivity contribution in [2.45, 2.75) is 96.8 Å². The Bertz CT molecular complexity index is 373. The summed E-state index contributed by atoms with van der Waals surface area (Å²) in [7, 11) is 0. The van der Waals surface area contributed by atoms with Gasteiger partial charge in [-0.2, -0.15) is 0 Å². The van der Waals surface area contributed by atoms with Gasteiger partial charge in [0.05, 0.1) is 0 Å².